The van der Waals surface area contributed by atoms with E-state index in [-0.39, 0.29) is 23.8 Å². The predicted molar refractivity (Wildman–Crippen MR) is 94.7 cm³/mol. The van der Waals surface area contributed by atoms with Gasteiger partial charge in [0.05, 0.1) is 24.3 Å². The van der Waals surface area contributed by atoms with E-state index in [1.165, 1.54) is 0 Å². The smallest absolute Gasteiger partial charge is 0.272 e. The molecule has 0 aromatic carbocycles. The Kier molecular flexibility index (Phi) is 4.50. The summed E-state index contributed by atoms with van der Waals surface area (Å²) < 4.78 is 5.95. The monoisotopic (exact) mass is 357 g/mol. The maximum absolute atomic E-state index is 13.0. The molecule has 2 aliphatic heterocycles. The molecule has 130 valence electrons. The standard InChI is InChI=1S/C18H19N3O3S/c22-17-14-4-7-20(18(23)15-3-1-2-6-19-15)11-16(14)24-9-8-21(17)13-5-10-25-12-13/h1-3,5-6,10,12,14,16H,4,7-9,11H2/t14-,16+/m1/s1. The summed E-state index contributed by atoms with van der Waals surface area (Å²) in [5.41, 5.74) is 1.37. The first kappa shape index (κ1) is 16.2. The van der Waals surface area contributed by atoms with Crippen molar-refractivity contribution in [1.82, 2.24) is 9.88 Å². The average Bonchev–Trinajstić information content (AvgIpc) is 3.13. The number of rotatable bonds is 2. The molecule has 2 aromatic rings. The van der Waals surface area contributed by atoms with E-state index in [2.05, 4.69) is 4.98 Å². The number of ether oxygens (including phenoxy) is 1. The number of likely N-dealkylation sites (tertiary alicyclic amines) is 1. The van der Waals surface area contributed by atoms with Crippen LogP contribution in [0.3, 0.4) is 0 Å². The summed E-state index contributed by atoms with van der Waals surface area (Å²) in [6, 6.07) is 7.26. The molecule has 0 unspecified atom stereocenters. The van der Waals surface area contributed by atoms with Crippen molar-refractivity contribution in [2.75, 3.05) is 31.1 Å². The summed E-state index contributed by atoms with van der Waals surface area (Å²) in [7, 11) is 0. The number of carbonyl (C=O) groups excluding carboxylic acids is 2. The van der Waals surface area contributed by atoms with E-state index in [9.17, 15) is 9.59 Å². The maximum Gasteiger partial charge on any atom is 0.272 e. The lowest BCUT2D eigenvalue weighted by Crippen LogP contribution is -2.51. The van der Waals surface area contributed by atoms with E-state index in [4.69, 9.17) is 4.74 Å². The molecule has 4 rings (SSSR count). The van der Waals surface area contributed by atoms with Gasteiger partial charge in [-0.05, 0) is 30.0 Å². The lowest BCUT2D eigenvalue weighted by atomic mass is 9.92. The summed E-state index contributed by atoms with van der Waals surface area (Å²) in [6.45, 7) is 2.01. The van der Waals surface area contributed by atoms with Crippen LogP contribution < -0.4 is 4.90 Å². The van der Waals surface area contributed by atoms with Gasteiger partial charge in [0.2, 0.25) is 5.91 Å². The third-order valence-electron chi connectivity index (χ3n) is 4.78. The second-order valence-electron chi connectivity index (χ2n) is 6.24. The number of hydrogen-bond acceptors (Lipinski definition) is 5. The first-order valence-corrected chi connectivity index (χ1v) is 9.34. The molecule has 25 heavy (non-hydrogen) atoms. The van der Waals surface area contributed by atoms with Crippen LogP contribution in [0.2, 0.25) is 0 Å². The zero-order valence-corrected chi connectivity index (χ0v) is 14.5. The number of nitrogens with zero attached hydrogens (tertiary/aromatic N) is 3. The van der Waals surface area contributed by atoms with Gasteiger partial charge in [-0.3, -0.25) is 14.6 Å². The highest BCUT2D eigenvalue weighted by molar-refractivity contribution is 7.08. The topological polar surface area (TPSA) is 62.7 Å². The molecule has 0 spiro atoms. The van der Waals surface area contributed by atoms with Gasteiger partial charge in [0.25, 0.3) is 5.91 Å². The zero-order valence-electron chi connectivity index (χ0n) is 13.7. The number of carbonyl (C=O) groups is 2. The third kappa shape index (κ3) is 3.17. The van der Waals surface area contributed by atoms with Crippen molar-refractivity contribution in [3.63, 3.8) is 0 Å². The molecule has 2 aliphatic rings. The minimum absolute atomic E-state index is 0.103. The zero-order chi connectivity index (χ0) is 17.2. The Morgan fingerprint density at radius 2 is 2.20 bits per heavy atom. The van der Waals surface area contributed by atoms with Gasteiger partial charge in [-0.25, -0.2) is 0 Å². The molecule has 2 atom stereocenters. The largest absolute Gasteiger partial charge is 0.374 e. The fourth-order valence-corrected chi connectivity index (χ4v) is 4.12. The van der Waals surface area contributed by atoms with Crippen LogP contribution in [0.5, 0.6) is 0 Å². The minimum atomic E-state index is -0.252. The number of amides is 2. The lowest BCUT2D eigenvalue weighted by Gasteiger charge is -2.36. The molecule has 2 saturated heterocycles. The van der Waals surface area contributed by atoms with Gasteiger partial charge in [-0.2, -0.15) is 11.3 Å². The van der Waals surface area contributed by atoms with Crippen molar-refractivity contribution in [3.05, 3.63) is 46.9 Å². The molecule has 0 radical (unpaired) electrons. The summed E-state index contributed by atoms with van der Waals surface area (Å²) in [5, 5.41) is 3.96. The molecule has 2 fully saturated rings. The van der Waals surface area contributed by atoms with Crippen molar-refractivity contribution in [3.8, 4) is 0 Å². The minimum Gasteiger partial charge on any atom is -0.374 e. The van der Waals surface area contributed by atoms with Crippen molar-refractivity contribution in [1.29, 1.82) is 0 Å². The lowest BCUT2D eigenvalue weighted by molar-refractivity contribution is -0.127. The number of aromatic nitrogens is 1. The first-order valence-electron chi connectivity index (χ1n) is 8.39. The van der Waals surface area contributed by atoms with Crippen LogP contribution >= 0.6 is 11.3 Å². The quantitative estimate of drug-likeness (QED) is 0.825. The predicted octanol–water partition coefficient (Wildman–Crippen LogP) is 2.04. The van der Waals surface area contributed by atoms with Crippen LogP contribution in [0.1, 0.15) is 16.9 Å². The number of fused-ring (bicyclic) bond motifs is 1. The van der Waals surface area contributed by atoms with E-state index in [1.807, 2.05) is 21.7 Å². The van der Waals surface area contributed by atoms with Gasteiger partial charge in [-0.1, -0.05) is 6.07 Å². The second-order valence-corrected chi connectivity index (χ2v) is 7.02. The Balaban J connectivity index is 1.49. The number of pyridine rings is 1. The van der Waals surface area contributed by atoms with Gasteiger partial charge in [-0.15, -0.1) is 0 Å². The highest BCUT2D eigenvalue weighted by Crippen LogP contribution is 2.29. The molecular formula is C18H19N3O3S. The van der Waals surface area contributed by atoms with E-state index < -0.39 is 0 Å². The SMILES string of the molecule is O=C(c1ccccn1)N1CC[C@H]2C(=O)N(c3ccsc3)CCO[C@H]2C1. The summed E-state index contributed by atoms with van der Waals surface area (Å²) >= 11 is 1.58. The number of hydrogen-bond donors (Lipinski definition) is 0. The van der Waals surface area contributed by atoms with Gasteiger partial charge in [0, 0.05) is 31.2 Å². The molecule has 4 heterocycles. The average molecular weight is 357 g/mol. The molecule has 0 saturated carbocycles. The third-order valence-corrected chi connectivity index (χ3v) is 5.45. The Hall–Kier alpha value is -2.25. The Labute approximate surface area is 150 Å². The Morgan fingerprint density at radius 1 is 1.28 bits per heavy atom. The van der Waals surface area contributed by atoms with Crippen LogP contribution in [0.4, 0.5) is 5.69 Å². The summed E-state index contributed by atoms with van der Waals surface area (Å²) in [6.07, 6.45) is 1.98. The fraction of sp³-hybridized carbons (Fsp3) is 0.389. The van der Waals surface area contributed by atoms with Crippen LogP contribution in [-0.4, -0.2) is 54.0 Å². The highest BCUT2D eigenvalue weighted by Gasteiger charge is 2.41. The fourth-order valence-electron chi connectivity index (χ4n) is 3.48. The normalized spacial score (nSPS) is 23.9. The number of thiophene rings is 1. The van der Waals surface area contributed by atoms with Gasteiger partial charge >= 0.3 is 0 Å². The van der Waals surface area contributed by atoms with E-state index in [0.717, 1.165) is 5.69 Å². The van der Waals surface area contributed by atoms with Crippen molar-refractivity contribution < 1.29 is 14.3 Å². The van der Waals surface area contributed by atoms with Crippen molar-refractivity contribution >= 4 is 28.8 Å². The Morgan fingerprint density at radius 3 is 2.96 bits per heavy atom. The molecule has 6 nitrogen and oxygen atoms in total. The Bertz CT molecular complexity index is 750. The van der Waals surface area contributed by atoms with Crippen LogP contribution in [-0.2, 0) is 9.53 Å². The molecule has 0 bridgehead atoms. The molecule has 7 heteroatoms. The van der Waals surface area contributed by atoms with Crippen LogP contribution in [0.15, 0.2) is 41.2 Å². The maximum atomic E-state index is 13.0. The number of piperidine rings is 1. The molecule has 0 aliphatic carbocycles. The van der Waals surface area contributed by atoms with Gasteiger partial charge in [0.15, 0.2) is 0 Å². The molecule has 2 aromatic heterocycles. The summed E-state index contributed by atoms with van der Waals surface area (Å²) in [4.78, 5) is 33.3. The number of anilines is 1. The van der Waals surface area contributed by atoms with Gasteiger partial charge in [0.1, 0.15) is 5.69 Å². The van der Waals surface area contributed by atoms with Crippen LogP contribution in [0, 0.1) is 5.92 Å². The van der Waals surface area contributed by atoms with Gasteiger partial charge < -0.3 is 14.5 Å². The van der Waals surface area contributed by atoms with E-state index >= 15 is 0 Å². The molecular weight excluding hydrogens is 338 g/mol. The highest BCUT2D eigenvalue weighted by atomic mass is 32.1. The first-order chi connectivity index (χ1) is 12.2. The van der Waals surface area contributed by atoms with Crippen molar-refractivity contribution in [2.24, 2.45) is 5.92 Å². The van der Waals surface area contributed by atoms with Crippen LogP contribution in [0.25, 0.3) is 0 Å². The molecule has 2 amide bonds. The second kappa shape index (κ2) is 6.93. The van der Waals surface area contributed by atoms with E-state index in [1.54, 1.807) is 40.6 Å². The van der Waals surface area contributed by atoms with Crippen molar-refractivity contribution in [2.45, 2.75) is 12.5 Å². The molecule has 0 N–H and O–H groups in total. The summed E-state index contributed by atoms with van der Waals surface area (Å²) in [5.74, 6) is -0.199. The van der Waals surface area contributed by atoms with E-state index in [0.29, 0.717) is 38.4 Å².